The molecule has 1 radical (unpaired) electrons. The maximum Gasteiger partial charge on any atom is 0.279 e. The van der Waals surface area contributed by atoms with Crippen LogP contribution in [0.4, 0.5) is 4.11 Å². The Balaban J connectivity index is 3.94. The van der Waals surface area contributed by atoms with Crippen molar-refractivity contribution in [2.45, 2.75) is 51.6 Å². The molecule has 0 aliphatic rings. The van der Waals surface area contributed by atoms with Crippen LogP contribution in [-0.2, 0) is 0 Å². The molecule has 0 saturated carbocycles. The lowest BCUT2D eigenvalue weighted by molar-refractivity contribution is 0.605. The number of halogens is 1. The third-order valence-electron chi connectivity index (χ3n) is 1.76. The summed E-state index contributed by atoms with van der Waals surface area (Å²) < 4.78 is 13.4. The monoisotopic (exact) mass is 161 g/mol. The molecule has 0 heterocycles. The zero-order chi connectivity index (χ0) is 8.36. The Hall–Kier alpha value is 0.147. The van der Waals surface area contributed by atoms with Crippen LogP contribution in [0, 0.1) is 0 Å². The number of rotatable bonds is 2. The maximum absolute atomic E-state index is 13.4. The first kappa shape index (κ1) is 10.1. The van der Waals surface area contributed by atoms with E-state index in [1.165, 1.54) is 0 Å². The molecule has 0 aromatic heterocycles. The van der Waals surface area contributed by atoms with Crippen LogP contribution in [0.1, 0.15) is 41.0 Å². The second-order valence-corrected chi connectivity index (χ2v) is 7.09. The first-order valence-electron chi connectivity index (χ1n) is 3.92. The van der Waals surface area contributed by atoms with E-state index in [9.17, 15) is 4.11 Å². The van der Waals surface area contributed by atoms with E-state index < -0.39 is 9.13 Å². The highest BCUT2D eigenvalue weighted by molar-refractivity contribution is 6.56. The van der Waals surface area contributed by atoms with Crippen molar-refractivity contribution >= 4 is 9.13 Å². The molecule has 2 heteroatoms. The van der Waals surface area contributed by atoms with Crippen molar-refractivity contribution in [2.24, 2.45) is 0 Å². The lowest BCUT2D eigenvalue weighted by Crippen LogP contribution is -2.24. The van der Waals surface area contributed by atoms with Crippen LogP contribution >= 0.6 is 0 Å². The van der Waals surface area contributed by atoms with Gasteiger partial charge in [0, 0.05) is 0 Å². The van der Waals surface area contributed by atoms with E-state index in [1.54, 1.807) is 0 Å². The normalized spacial score (nSPS) is 15.9. The highest BCUT2D eigenvalue weighted by Crippen LogP contribution is 2.35. The average molecular weight is 161 g/mol. The highest BCUT2D eigenvalue weighted by atomic mass is 28.3. The van der Waals surface area contributed by atoms with Gasteiger partial charge in [-0.3, -0.25) is 0 Å². The fourth-order valence-electron chi connectivity index (χ4n) is 0.918. The molecule has 0 N–H and O–H groups in total. The Morgan fingerprint density at radius 1 is 1.40 bits per heavy atom. The Morgan fingerprint density at radius 2 is 1.80 bits per heavy atom. The molecule has 0 saturated heterocycles. The van der Waals surface area contributed by atoms with Gasteiger partial charge in [0.2, 0.25) is 0 Å². The molecule has 0 fully saturated rings. The fourth-order valence-corrected chi connectivity index (χ4v) is 2.76. The predicted molar refractivity (Wildman–Crippen MR) is 46.3 cm³/mol. The standard InChI is InChI=1S/C8H18FSi/c1-6-7(2)10(9)8(3,4)5/h7H,6H2,1-5H3. The molecule has 1 atom stereocenters. The van der Waals surface area contributed by atoms with Crippen molar-refractivity contribution < 1.29 is 4.11 Å². The van der Waals surface area contributed by atoms with Crippen molar-refractivity contribution in [1.82, 2.24) is 0 Å². The SMILES string of the molecule is CCC(C)[Si](F)C(C)(C)C. The van der Waals surface area contributed by atoms with E-state index >= 15 is 0 Å². The summed E-state index contributed by atoms with van der Waals surface area (Å²) in [5.41, 5.74) is 0.296. The van der Waals surface area contributed by atoms with Crippen LogP contribution in [-0.4, -0.2) is 9.13 Å². The van der Waals surface area contributed by atoms with Crippen molar-refractivity contribution in [3.8, 4) is 0 Å². The molecule has 1 unspecified atom stereocenters. The van der Waals surface area contributed by atoms with Gasteiger partial charge in [-0.2, -0.15) is 0 Å². The first-order valence-corrected chi connectivity index (χ1v) is 5.38. The third kappa shape index (κ3) is 2.82. The molecule has 0 rings (SSSR count). The Kier molecular flexibility index (Phi) is 3.56. The zero-order valence-electron chi connectivity index (χ0n) is 7.66. The molecule has 0 aliphatic carbocycles. The molecule has 0 spiro atoms. The van der Waals surface area contributed by atoms with Gasteiger partial charge in [0.25, 0.3) is 9.13 Å². The molecule has 10 heavy (non-hydrogen) atoms. The van der Waals surface area contributed by atoms with E-state index in [0.29, 0.717) is 5.54 Å². The number of hydrogen-bond acceptors (Lipinski definition) is 0. The number of hydrogen-bond donors (Lipinski definition) is 0. The topological polar surface area (TPSA) is 0 Å². The van der Waals surface area contributed by atoms with Crippen molar-refractivity contribution in [3.63, 3.8) is 0 Å². The van der Waals surface area contributed by atoms with Gasteiger partial charge >= 0.3 is 0 Å². The van der Waals surface area contributed by atoms with Crippen LogP contribution < -0.4 is 0 Å². The summed E-state index contributed by atoms with van der Waals surface area (Å²) in [5.74, 6) is 0. The third-order valence-corrected chi connectivity index (χ3v) is 4.47. The van der Waals surface area contributed by atoms with Gasteiger partial charge in [-0.05, 0) is 10.6 Å². The lowest BCUT2D eigenvalue weighted by atomic mass is 10.2. The van der Waals surface area contributed by atoms with Gasteiger partial charge < -0.3 is 4.11 Å². The fraction of sp³-hybridized carbons (Fsp3) is 1.00. The van der Waals surface area contributed by atoms with E-state index in [0.717, 1.165) is 6.42 Å². The minimum Gasteiger partial charge on any atom is -0.313 e. The molecule has 0 amide bonds. The van der Waals surface area contributed by atoms with E-state index in [-0.39, 0.29) is 5.04 Å². The van der Waals surface area contributed by atoms with Crippen molar-refractivity contribution in [1.29, 1.82) is 0 Å². The van der Waals surface area contributed by atoms with Gasteiger partial charge in [0.15, 0.2) is 0 Å². The summed E-state index contributed by atoms with van der Waals surface area (Å²) in [5, 5.41) is -0.0832. The largest absolute Gasteiger partial charge is 0.313 e. The summed E-state index contributed by atoms with van der Waals surface area (Å²) in [7, 11) is -1.63. The lowest BCUT2D eigenvalue weighted by Gasteiger charge is -2.24. The van der Waals surface area contributed by atoms with Crippen LogP contribution in [0.15, 0.2) is 0 Å². The molecule has 0 nitrogen and oxygen atoms in total. The van der Waals surface area contributed by atoms with E-state index in [4.69, 9.17) is 0 Å². The van der Waals surface area contributed by atoms with Crippen LogP contribution in [0.2, 0.25) is 10.6 Å². The second-order valence-electron chi connectivity index (χ2n) is 3.91. The van der Waals surface area contributed by atoms with Crippen molar-refractivity contribution in [3.05, 3.63) is 0 Å². The summed E-state index contributed by atoms with van der Waals surface area (Å²) in [6.07, 6.45) is 0.974. The molecule has 0 aromatic rings. The molecule has 0 bridgehead atoms. The van der Waals surface area contributed by atoms with Gasteiger partial charge in [-0.25, -0.2) is 0 Å². The smallest absolute Gasteiger partial charge is 0.279 e. The van der Waals surface area contributed by atoms with E-state index in [1.807, 2.05) is 27.7 Å². The second kappa shape index (κ2) is 3.51. The van der Waals surface area contributed by atoms with Gasteiger partial charge in [-0.1, -0.05) is 41.0 Å². The average Bonchev–Trinajstić information content (AvgIpc) is 1.83. The van der Waals surface area contributed by atoms with Crippen molar-refractivity contribution in [2.75, 3.05) is 0 Å². The van der Waals surface area contributed by atoms with Crippen LogP contribution in [0.5, 0.6) is 0 Å². The van der Waals surface area contributed by atoms with Gasteiger partial charge in [-0.15, -0.1) is 0 Å². The van der Waals surface area contributed by atoms with Crippen LogP contribution in [0.3, 0.4) is 0 Å². The Labute approximate surface area is 65.6 Å². The molecule has 61 valence electrons. The summed E-state index contributed by atoms with van der Waals surface area (Å²) >= 11 is 0. The molecular weight excluding hydrogens is 143 g/mol. The molecule has 0 aliphatic heterocycles. The minimum atomic E-state index is -1.63. The minimum absolute atomic E-state index is 0.0832. The van der Waals surface area contributed by atoms with Gasteiger partial charge in [0.1, 0.15) is 0 Å². The molecular formula is C8H18FSi. The zero-order valence-corrected chi connectivity index (χ0v) is 8.66. The predicted octanol–water partition coefficient (Wildman–Crippen LogP) is 3.55. The van der Waals surface area contributed by atoms with E-state index in [2.05, 4.69) is 6.92 Å². The summed E-state index contributed by atoms with van der Waals surface area (Å²) in [6.45, 7) is 10.1. The highest BCUT2D eigenvalue weighted by Gasteiger charge is 2.32. The molecule has 0 aromatic carbocycles. The maximum atomic E-state index is 13.4. The van der Waals surface area contributed by atoms with Crippen LogP contribution in [0.25, 0.3) is 0 Å². The first-order chi connectivity index (χ1) is 4.39. The quantitative estimate of drug-likeness (QED) is 0.429. The van der Waals surface area contributed by atoms with Gasteiger partial charge in [0.05, 0.1) is 0 Å². The summed E-state index contributed by atoms with van der Waals surface area (Å²) in [6, 6.07) is 0. The summed E-state index contributed by atoms with van der Waals surface area (Å²) in [4.78, 5) is 0. The Morgan fingerprint density at radius 3 is 1.90 bits per heavy atom. The Bertz CT molecular complexity index is 95.9.